The lowest BCUT2D eigenvalue weighted by Gasteiger charge is -2.10. The van der Waals surface area contributed by atoms with Crippen LogP contribution >= 0.6 is 15.9 Å². The molecule has 0 bridgehead atoms. The highest BCUT2D eigenvalue weighted by Crippen LogP contribution is 2.29. The third-order valence-corrected chi connectivity index (χ3v) is 4.64. The molecule has 0 radical (unpaired) electrons. The van der Waals surface area contributed by atoms with Gasteiger partial charge >= 0.3 is 6.18 Å². The lowest BCUT2D eigenvalue weighted by Crippen LogP contribution is -2.21. The fourth-order valence-corrected chi connectivity index (χ4v) is 3.02. The molecule has 0 amide bonds. The maximum atomic E-state index is 12.9. The van der Waals surface area contributed by atoms with Gasteiger partial charge in [0.25, 0.3) is 5.56 Å². The predicted molar refractivity (Wildman–Crippen MR) is 99.2 cm³/mol. The van der Waals surface area contributed by atoms with Crippen LogP contribution in [-0.2, 0) is 12.7 Å². The van der Waals surface area contributed by atoms with Crippen LogP contribution < -0.4 is 5.56 Å². The van der Waals surface area contributed by atoms with Crippen LogP contribution in [0, 0.1) is 0 Å². The number of hydrogen-bond donors (Lipinski definition) is 0. The third-order valence-electron chi connectivity index (χ3n) is 4.11. The van der Waals surface area contributed by atoms with E-state index < -0.39 is 17.3 Å². The van der Waals surface area contributed by atoms with E-state index in [4.69, 9.17) is 0 Å². The number of fused-ring (bicyclic) bond motifs is 1. The summed E-state index contributed by atoms with van der Waals surface area (Å²) in [5.74, 6) is 0. The maximum absolute atomic E-state index is 12.9. The highest BCUT2D eigenvalue weighted by atomic mass is 79.9. The van der Waals surface area contributed by atoms with Crippen LogP contribution in [0.15, 0.2) is 64.1 Å². The number of alkyl halides is 3. The molecule has 0 aliphatic heterocycles. The first-order valence-electron chi connectivity index (χ1n) is 8.06. The summed E-state index contributed by atoms with van der Waals surface area (Å²) in [6, 6.07) is 12.0. The molecule has 4 aromatic rings. The normalized spacial score (nSPS) is 11.9. The van der Waals surface area contributed by atoms with Gasteiger partial charge in [0.05, 0.1) is 17.8 Å². The number of hydrogen-bond acceptors (Lipinski definition) is 4. The highest BCUT2D eigenvalue weighted by Gasteiger charge is 2.30. The molecule has 0 spiro atoms. The van der Waals surface area contributed by atoms with Gasteiger partial charge in [0.2, 0.25) is 0 Å². The second kappa shape index (κ2) is 6.86. The summed E-state index contributed by atoms with van der Waals surface area (Å²) in [6.07, 6.45) is -3.17. The minimum Gasteiger partial charge on any atom is -0.293 e. The Bertz CT molecular complexity index is 1210. The largest absolute Gasteiger partial charge is 0.416 e. The Hall–Kier alpha value is -3.01. The van der Waals surface area contributed by atoms with Crippen molar-refractivity contribution in [1.82, 2.24) is 24.5 Å². The van der Waals surface area contributed by atoms with Gasteiger partial charge in [-0.2, -0.15) is 17.9 Å². The zero-order valence-corrected chi connectivity index (χ0v) is 15.6. The Kier molecular flexibility index (Phi) is 4.50. The smallest absolute Gasteiger partial charge is 0.293 e. The van der Waals surface area contributed by atoms with Crippen molar-refractivity contribution in [3.8, 4) is 5.69 Å². The van der Waals surface area contributed by atoms with Gasteiger partial charge in [-0.1, -0.05) is 33.3 Å². The van der Waals surface area contributed by atoms with E-state index in [1.165, 1.54) is 27.7 Å². The lowest BCUT2D eigenvalue weighted by molar-refractivity contribution is -0.137. The van der Waals surface area contributed by atoms with Crippen LogP contribution in [0.1, 0.15) is 11.1 Å². The summed E-state index contributed by atoms with van der Waals surface area (Å²) < 4.78 is 42.2. The number of benzene rings is 2. The minimum absolute atomic E-state index is 0.0393. The number of nitrogens with zero attached hydrogens (tertiary/aromatic N) is 5. The van der Waals surface area contributed by atoms with Gasteiger partial charge in [-0.25, -0.2) is 4.98 Å². The van der Waals surface area contributed by atoms with Gasteiger partial charge in [0.15, 0.2) is 11.2 Å². The van der Waals surface area contributed by atoms with Crippen molar-refractivity contribution >= 4 is 27.1 Å². The second-order valence-electron chi connectivity index (χ2n) is 6.03. The summed E-state index contributed by atoms with van der Waals surface area (Å²) in [6.45, 7) is -0.0587. The van der Waals surface area contributed by atoms with E-state index in [0.29, 0.717) is 11.3 Å². The van der Waals surface area contributed by atoms with Crippen molar-refractivity contribution in [2.24, 2.45) is 0 Å². The molecule has 2 aromatic heterocycles. The van der Waals surface area contributed by atoms with E-state index in [1.54, 1.807) is 12.1 Å². The summed E-state index contributed by atoms with van der Waals surface area (Å²) in [4.78, 5) is 16.9. The first-order valence-corrected chi connectivity index (χ1v) is 8.85. The van der Waals surface area contributed by atoms with Crippen LogP contribution in [0.2, 0.25) is 0 Å². The van der Waals surface area contributed by atoms with E-state index >= 15 is 0 Å². The van der Waals surface area contributed by atoms with Gasteiger partial charge in [0, 0.05) is 4.47 Å². The Morgan fingerprint density at radius 2 is 1.82 bits per heavy atom. The Balaban J connectivity index is 1.72. The van der Waals surface area contributed by atoms with Crippen molar-refractivity contribution in [1.29, 1.82) is 0 Å². The quantitative estimate of drug-likeness (QED) is 0.477. The van der Waals surface area contributed by atoms with E-state index in [9.17, 15) is 18.0 Å². The number of rotatable bonds is 3. The Morgan fingerprint density at radius 1 is 1.07 bits per heavy atom. The molecule has 6 nitrogen and oxygen atoms in total. The van der Waals surface area contributed by atoms with Crippen LogP contribution in [0.25, 0.3) is 16.9 Å². The summed E-state index contributed by atoms with van der Waals surface area (Å²) in [7, 11) is 0. The van der Waals surface area contributed by atoms with Gasteiger partial charge in [-0.15, -0.1) is 5.10 Å². The van der Waals surface area contributed by atoms with Crippen LogP contribution in [0.4, 0.5) is 13.2 Å². The average Bonchev–Trinajstić information content (AvgIpc) is 3.09. The van der Waals surface area contributed by atoms with Gasteiger partial charge < -0.3 is 0 Å². The molecule has 28 heavy (non-hydrogen) atoms. The zero-order chi connectivity index (χ0) is 19.9. The molecule has 0 unspecified atom stereocenters. The lowest BCUT2D eigenvalue weighted by atomic mass is 10.1. The van der Waals surface area contributed by atoms with Crippen LogP contribution in [0.3, 0.4) is 0 Å². The second-order valence-corrected chi connectivity index (χ2v) is 6.94. The molecule has 2 aromatic carbocycles. The van der Waals surface area contributed by atoms with E-state index in [-0.39, 0.29) is 17.7 Å². The third kappa shape index (κ3) is 3.42. The van der Waals surface area contributed by atoms with Gasteiger partial charge in [-0.3, -0.25) is 9.36 Å². The van der Waals surface area contributed by atoms with E-state index in [2.05, 4.69) is 31.2 Å². The molecule has 0 aliphatic rings. The number of aromatic nitrogens is 5. The Labute approximate surface area is 164 Å². The van der Waals surface area contributed by atoms with Gasteiger partial charge in [-0.05, 0) is 42.0 Å². The molecule has 142 valence electrons. The summed E-state index contributed by atoms with van der Waals surface area (Å²) in [5.41, 5.74) is 0.0654. The van der Waals surface area contributed by atoms with Crippen LogP contribution in [-0.4, -0.2) is 24.5 Å². The Morgan fingerprint density at radius 3 is 2.54 bits per heavy atom. The van der Waals surface area contributed by atoms with E-state index in [1.807, 2.05) is 12.1 Å². The van der Waals surface area contributed by atoms with Crippen molar-refractivity contribution in [2.75, 3.05) is 0 Å². The predicted octanol–water partition coefficient (Wildman–Crippen LogP) is 3.81. The van der Waals surface area contributed by atoms with E-state index in [0.717, 1.165) is 16.6 Å². The highest BCUT2D eigenvalue weighted by molar-refractivity contribution is 9.10. The average molecular weight is 450 g/mol. The first kappa shape index (κ1) is 18.4. The topological polar surface area (TPSA) is 65.6 Å². The summed E-state index contributed by atoms with van der Waals surface area (Å²) >= 11 is 3.34. The standard InChI is InChI=1S/C18H11BrF3N5O/c19-13-4-6-14(7-5-13)27-16-15(24-25-27)17(28)26(10-23-16)9-11-2-1-3-12(8-11)18(20,21)22/h1-8,10H,9H2. The molecule has 0 saturated heterocycles. The molecular formula is C18H11BrF3N5O. The molecule has 0 aliphatic carbocycles. The van der Waals surface area contributed by atoms with Gasteiger partial charge in [0.1, 0.15) is 6.33 Å². The molecule has 0 fully saturated rings. The maximum Gasteiger partial charge on any atom is 0.416 e. The minimum atomic E-state index is -4.45. The SMILES string of the molecule is O=c1c2nnn(-c3ccc(Br)cc3)c2ncn1Cc1cccc(C(F)(F)F)c1. The molecular weight excluding hydrogens is 439 g/mol. The fourth-order valence-electron chi connectivity index (χ4n) is 2.76. The van der Waals surface area contributed by atoms with Crippen LogP contribution in [0.5, 0.6) is 0 Å². The zero-order valence-electron chi connectivity index (χ0n) is 14.1. The van der Waals surface area contributed by atoms with Crippen molar-refractivity contribution in [3.63, 3.8) is 0 Å². The molecule has 10 heteroatoms. The summed E-state index contributed by atoms with van der Waals surface area (Å²) in [5, 5.41) is 7.88. The van der Waals surface area contributed by atoms with Crippen molar-refractivity contribution in [3.05, 3.63) is 80.8 Å². The molecule has 0 N–H and O–H groups in total. The molecule has 0 saturated carbocycles. The fraction of sp³-hybridized carbons (Fsp3) is 0.111. The molecule has 2 heterocycles. The first-order chi connectivity index (χ1) is 13.3. The monoisotopic (exact) mass is 449 g/mol. The molecule has 4 rings (SSSR count). The number of halogens is 4. The van der Waals surface area contributed by atoms with Crippen molar-refractivity contribution < 1.29 is 13.2 Å². The van der Waals surface area contributed by atoms with Crippen molar-refractivity contribution in [2.45, 2.75) is 12.7 Å². The molecule has 0 atom stereocenters.